The van der Waals surface area contributed by atoms with Crippen molar-refractivity contribution < 1.29 is 13.6 Å². The van der Waals surface area contributed by atoms with E-state index in [4.69, 9.17) is 23.2 Å². The van der Waals surface area contributed by atoms with E-state index >= 15 is 0 Å². The first-order valence-electron chi connectivity index (χ1n) is 5.93. The van der Waals surface area contributed by atoms with E-state index in [0.717, 1.165) is 12.1 Å². The van der Waals surface area contributed by atoms with Crippen molar-refractivity contribution in [2.24, 2.45) is 0 Å². The van der Waals surface area contributed by atoms with Crippen LogP contribution in [0.15, 0.2) is 36.5 Å². The number of halogens is 4. The predicted molar refractivity (Wildman–Crippen MR) is 78.1 cm³/mol. The zero-order valence-electron chi connectivity index (χ0n) is 10.4. The molecule has 6 heteroatoms. The maximum atomic E-state index is 13.7. The van der Waals surface area contributed by atoms with Gasteiger partial charge in [0, 0.05) is 33.8 Å². The molecule has 0 unspecified atom stereocenters. The van der Waals surface area contributed by atoms with Gasteiger partial charge in [0.25, 0.3) is 0 Å². The van der Waals surface area contributed by atoms with Crippen LogP contribution in [0.4, 0.5) is 8.78 Å². The largest absolute Gasteiger partial charge is 0.360 e. The van der Waals surface area contributed by atoms with Crippen molar-refractivity contribution in [3.05, 3.63) is 69.3 Å². The molecule has 106 valence electrons. The Kier molecular flexibility index (Phi) is 3.43. The van der Waals surface area contributed by atoms with Gasteiger partial charge in [-0.05, 0) is 24.3 Å². The highest BCUT2D eigenvalue weighted by Gasteiger charge is 2.20. The first-order chi connectivity index (χ1) is 9.97. The summed E-state index contributed by atoms with van der Waals surface area (Å²) in [5, 5.41) is 1.15. The van der Waals surface area contributed by atoms with Crippen LogP contribution < -0.4 is 0 Å². The number of aromatic nitrogens is 1. The normalized spacial score (nSPS) is 11.0. The SMILES string of the molecule is O=C(c1ccc(F)cc1F)c1c[nH]c2cc(Cl)cc(Cl)c12. The van der Waals surface area contributed by atoms with E-state index in [-0.39, 0.29) is 16.1 Å². The molecular weight excluding hydrogens is 319 g/mol. The molecule has 0 radical (unpaired) electrons. The molecule has 0 aliphatic rings. The van der Waals surface area contributed by atoms with E-state index in [0.29, 0.717) is 22.0 Å². The molecule has 1 heterocycles. The fourth-order valence-corrected chi connectivity index (χ4v) is 2.78. The zero-order valence-corrected chi connectivity index (χ0v) is 11.9. The predicted octanol–water partition coefficient (Wildman–Crippen LogP) is 4.98. The van der Waals surface area contributed by atoms with Crippen LogP contribution in [0.2, 0.25) is 10.0 Å². The average Bonchev–Trinajstić information content (AvgIpc) is 2.81. The summed E-state index contributed by atoms with van der Waals surface area (Å²) < 4.78 is 26.7. The number of aromatic amines is 1. The van der Waals surface area contributed by atoms with Crippen LogP contribution in [-0.2, 0) is 0 Å². The molecule has 0 fully saturated rings. The maximum absolute atomic E-state index is 13.7. The summed E-state index contributed by atoms with van der Waals surface area (Å²) in [5.74, 6) is -2.24. The van der Waals surface area contributed by atoms with Crippen molar-refractivity contribution in [2.45, 2.75) is 0 Å². The molecule has 0 amide bonds. The number of H-pyrrole nitrogens is 1. The standard InChI is InChI=1S/C15H7Cl2F2NO/c16-7-3-11(17)14-10(6-20-13(14)4-7)15(21)9-2-1-8(18)5-12(9)19/h1-6,20H. The Morgan fingerprint density at radius 2 is 1.81 bits per heavy atom. The summed E-state index contributed by atoms with van der Waals surface area (Å²) in [5.41, 5.74) is 0.555. The monoisotopic (exact) mass is 325 g/mol. The molecule has 0 spiro atoms. The first kappa shape index (κ1) is 14.0. The lowest BCUT2D eigenvalue weighted by Crippen LogP contribution is -2.04. The third kappa shape index (κ3) is 2.41. The van der Waals surface area contributed by atoms with Gasteiger partial charge in [0.05, 0.1) is 10.6 Å². The van der Waals surface area contributed by atoms with Crippen molar-refractivity contribution >= 4 is 39.9 Å². The molecular formula is C15H7Cl2F2NO. The Morgan fingerprint density at radius 3 is 2.52 bits per heavy atom. The van der Waals surface area contributed by atoms with Gasteiger partial charge < -0.3 is 4.98 Å². The van der Waals surface area contributed by atoms with Crippen molar-refractivity contribution in [1.29, 1.82) is 0 Å². The molecule has 1 aromatic heterocycles. The molecule has 2 aromatic carbocycles. The Bertz CT molecular complexity index is 873. The molecule has 21 heavy (non-hydrogen) atoms. The second-order valence-electron chi connectivity index (χ2n) is 4.47. The zero-order chi connectivity index (χ0) is 15.1. The molecule has 1 N–H and O–H groups in total. The summed E-state index contributed by atoms with van der Waals surface area (Å²) in [6.45, 7) is 0. The van der Waals surface area contributed by atoms with Gasteiger partial charge in [0.1, 0.15) is 11.6 Å². The minimum atomic E-state index is -0.917. The van der Waals surface area contributed by atoms with E-state index in [1.807, 2.05) is 0 Å². The molecule has 0 aliphatic heterocycles. The highest BCUT2D eigenvalue weighted by Crippen LogP contribution is 2.31. The van der Waals surface area contributed by atoms with Gasteiger partial charge in [-0.25, -0.2) is 8.78 Å². The number of benzene rings is 2. The summed E-state index contributed by atoms with van der Waals surface area (Å²) in [6, 6.07) is 5.91. The molecule has 0 atom stereocenters. The number of ketones is 1. The van der Waals surface area contributed by atoms with E-state index in [9.17, 15) is 13.6 Å². The van der Waals surface area contributed by atoms with E-state index in [1.165, 1.54) is 12.3 Å². The van der Waals surface area contributed by atoms with Gasteiger partial charge in [-0.1, -0.05) is 23.2 Å². The molecule has 0 bridgehead atoms. The topological polar surface area (TPSA) is 32.9 Å². The average molecular weight is 326 g/mol. The lowest BCUT2D eigenvalue weighted by atomic mass is 10.0. The third-order valence-corrected chi connectivity index (χ3v) is 3.63. The van der Waals surface area contributed by atoms with E-state index in [2.05, 4.69) is 4.98 Å². The van der Waals surface area contributed by atoms with Crippen LogP contribution in [0.3, 0.4) is 0 Å². The second-order valence-corrected chi connectivity index (χ2v) is 5.31. The van der Waals surface area contributed by atoms with Gasteiger partial charge in [-0.2, -0.15) is 0 Å². The molecule has 0 saturated heterocycles. The lowest BCUT2D eigenvalue weighted by molar-refractivity contribution is 0.103. The third-order valence-electron chi connectivity index (χ3n) is 3.12. The highest BCUT2D eigenvalue weighted by molar-refractivity contribution is 6.40. The van der Waals surface area contributed by atoms with E-state index in [1.54, 1.807) is 6.07 Å². The Labute approximate surface area is 128 Å². The van der Waals surface area contributed by atoms with Gasteiger partial charge in [0.2, 0.25) is 0 Å². The number of rotatable bonds is 2. The molecule has 3 aromatic rings. The Morgan fingerprint density at radius 1 is 1.05 bits per heavy atom. The highest BCUT2D eigenvalue weighted by atomic mass is 35.5. The number of carbonyl (C=O) groups excluding carboxylic acids is 1. The van der Waals surface area contributed by atoms with Gasteiger partial charge in [-0.15, -0.1) is 0 Å². The summed E-state index contributed by atoms with van der Waals surface area (Å²) in [6.07, 6.45) is 1.43. The smallest absolute Gasteiger partial charge is 0.198 e. The number of hydrogen-bond donors (Lipinski definition) is 1. The molecule has 3 rings (SSSR count). The first-order valence-corrected chi connectivity index (χ1v) is 6.69. The van der Waals surface area contributed by atoms with Crippen molar-refractivity contribution in [2.75, 3.05) is 0 Å². The fourth-order valence-electron chi connectivity index (χ4n) is 2.18. The quantitative estimate of drug-likeness (QED) is 0.662. The number of nitrogens with one attached hydrogen (secondary N) is 1. The van der Waals surface area contributed by atoms with Crippen LogP contribution in [-0.4, -0.2) is 10.8 Å². The number of hydrogen-bond acceptors (Lipinski definition) is 1. The second kappa shape index (κ2) is 5.13. The Hall–Kier alpha value is -1.91. The molecule has 0 aliphatic carbocycles. The van der Waals surface area contributed by atoms with Crippen molar-refractivity contribution in [1.82, 2.24) is 4.98 Å². The number of carbonyl (C=O) groups is 1. The van der Waals surface area contributed by atoms with Gasteiger partial charge in [-0.3, -0.25) is 4.79 Å². The van der Waals surface area contributed by atoms with Gasteiger partial charge >= 0.3 is 0 Å². The van der Waals surface area contributed by atoms with Crippen molar-refractivity contribution in [3.8, 4) is 0 Å². The summed E-state index contributed by atoms with van der Waals surface area (Å²) >= 11 is 12.0. The maximum Gasteiger partial charge on any atom is 0.198 e. The van der Waals surface area contributed by atoms with Crippen LogP contribution >= 0.6 is 23.2 Å². The van der Waals surface area contributed by atoms with Crippen LogP contribution in [0.5, 0.6) is 0 Å². The lowest BCUT2D eigenvalue weighted by Gasteiger charge is -2.03. The van der Waals surface area contributed by atoms with E-state index < -0.39 is 17.4 Å². The molecule has 0 saturated carbocycles. The van der Waals surface area contributed by atoms with Gasteiger partial charge in [0.15, 0.2) is 5.78 Å². The van der Waals surface area contributed by atoms with Crippen molar-refractivity contribution in [3.63, 3.8) is 0 Å². The fraction of sp³-hybridized carbons (Fsp3) is 0. The summed E-state index contributed by atoms with van der Waals surface area (Å²) in [4.78, 5) is 15.3. The Balaban J connectivity index is 2.18. The minimum Gasteiger partial charge on any atom is -0.360 e. The van der Waals surface area contributed by atoms with Crippen LogP contribution in [0, 0.1) is 11.6 Å². The summed E-state index contributed by atoms with van der Waals surface area (Å²) in [7, 11) is 0. The van der Waals surface area contributed by atoms with Crippen LogP contribution in [0.25, 0.3) is 10.9 Å². The minimum absolute atomic E-state index is 0.206. The molecule has 2 nitrogen and oxygen atoms in total. The number of fused-ring (bicyclic) bond motifs is 1. The van der Waals surface area contributed by atoms with Crippen LogP contribution in [0.1, 0.15) is 15.9 Å².